The van der Waals surface area contributed by atoms with Gasteiger partial charge in [-0.05, 0) is 19.1 Å². The fourth-order valence-electron chi connectivity index (χ4n) is 1.38. The minimum atomic E-state index is -0.465. The molecular weight excluding hydrogens is 218 g/mol. The molecule has 17 heavy (non-hydrogen) atoms. The molecular formula is C12H15N3O2. The van der Waals surface area contributed by atoms with Gasteiger partial charge in [-0.3, -0.25) is 0 Å². The molecule has 0 saturated heterocycles. The van der Waals surface area contributed by atoms with E-state index >= 15 is 0 Å². The topological polar surface area (TPSA) is 66.2 Å². The normalized spacial score (nSPS) is 11.4. The Morgan fingerprint density at radius 2 is 2.41 bits per heavy atom. The van der Waals surface area contributed by atoms with Crippen LogP contribution in [0.4, 0.5) is 5.69 Å². The highest BCUT2D eigenvalue weighted by atomic mass is 16.5. The second kappa shape index (κ2) is 5.85. The molecule has 1 heterocycles. The minimum absolute atomic E-state index is 0.0768. The quantitative estimate of drug-likeness (QED) is 0.739. The molecule has 1 aromatic heterocycles. The smallest absolute Gasteiger partial charge is 0.356 e. The third kappa shape index (κ3) is 3.18. The lowest BCUT2D eigenvalue weighted by Gasteiger charge is -2.25. The van der Waals surface area contributed by atoms with E-state index in [4.69, 9.17) is 5.26 Å². The highest BCUT2D eigenvalue weighted by Gasteiger charge is 2.13. The number of anilines is 1. The number of methoxy groups -OCH3 is 1. The molecule has 0 radical (unpaired) electrons. The van der Waals surface area contributed by atoms with Gasteiger partial charge < -0.3 is 9.64 Å². The van der Waals surface area contributed by atoms with Crippen LogP contribution >= 0.6 is 0 Å². The Balaban J connectivity index is 2.92. The van der Waals surface area contributed by atoms with Gasteiger partial charge in [0, 0.05) is 25.0 Å². The third-order valence-corrected chi connectivity index (χ3v) is 2.59. The monoisotopic (exact) mass is 233 g/mol. The maximum absolute atomic E-state index is 11.3. The number of nitriles is 1. The van der Waals surface area contributed by atoms with E-state index in [9.17, 15) is 4.79 Å². The fourth-order valence-corrected chi connectivity index (χ4v) is 1.38. The van der Waals surface area contributed by atoms with Gasteiger partial charge >= 0.3 is 5.97 Å². The number of hydrogen-bond donors (Lipinski definition) is 0. The maximum Gasteiger partial charge on any atom is 0.356 e. The van der Waals surface area contributed by atoms with Crippen LogP contribution in [0.3, 0.4) is 0 Å². The molecule has 5 heteroatoms. The number of pyridine rings is 1. The van der Waals surface area contributed by atoms with E-state index in [1.54, 1.807) is 18.3 Å². The van der Waals surface area contributed by atoms with Gasteiger partial charge in [0.05, 0.1) is 19.6 Å². The van der Waals surface area contributed by atoms with E-state index in [-0.39, 0.29) is 11.7 Å². The van der Waals surface area contributed by atoms with Crippen molar-refractivity contribution in [2.75, 3.05) is 19.1 Å². The number of ether oxygens (including phenoxy) is 1. The molecule has 90 valence electrons. The van der Waals surface area contributed by atoms with Gasteiger partial charge in [0.15, 0.2) is 0 Å². The van der Waals surface area contributed by atoms with Crippen molar-refractivity contribution >= 4 is 11.7 Å². The summed E-state index contributed by atoms with van der Waals surface area (Å²) >= 11 is 0. The highest BCUT2D eigenvalue weighted by Crippen LogP contribution is 2.17. The Bertz CT molecular complexity index is 440. The van der Waals surface area contributed by atoms with Crippen LogP contribution < -0.4 is 4.90 Å². The van der Waals surface area contributed by atoms with E-state index in [2.05, 4.69) is 15.8 Å². The van der Waals surface area contributed by atoms with Crippen LogP contribution in [-0.4, -0.2) is 31.2 Å². The SMILES string of the molecule is COC(=O)c1cc(N(C)C(C)CC#N)ccn1. The molecule has 1 atom stereocenters. The molecule has 0 aliphatic carbocycles. The molecule has 0 N–H and O–H groups in total. The summed E-state index contributed by atoms with van der Waals surface area (Å²) in [5.41, 5.74) is 1.10. The van der Waals surface area contributed by atoms with Crippen molar-refractivity contribution in [2.24, 2.45) is 0 Å². The fraction of sp³-hybridized carbons (Fsp3) is 0.417. The van der Waals surface area contributed by atoms with Crippen molar-refractivity contribution in [1.82, 2.24) is 4.98 Å². The lowest BCUT2D eigenvalue weighted by molar-refractivity contribution is 0.0594. The highest BCUT2D eigenvalue weighted by molar-refractivity contribution is 5.88. The predicted octanol–water partition coefficient (Wildman–Crippen LogP) is 1.61. The Kier molecular flexibility index (Phi) is 4.46. The standard InChI is InChI=1S/C12H15N3O2/c1-9(4-6-13)15(2)10-5-7-14-11(8-10)12(16)17-3/h5,7-9H,4H2,1-3H3. The number of esters is 1. The molecule has 5 nitrogen and oxygen atoms in total. The second-order valence-electron chi connectivity index (χ2n) is 3.71. The van der Waals surface area contributed by atoms with Crippen molar-refractivity contribution in [3.05, 3.63) is 24.0 Å². The van der Waals surface area contributed by atoms with Crippen LogP contribution in [0.25, 0.3) is 0 Å². The molecule has 1 rings (SSSR count). The first-order chi connectivity index (χ1) is 8.10. The molecule has 0 amide bonds. The molecule has 0 fully saturated rings. The van der Waals surface area contributed by atoms with Gasteiger partial charge in [0.25, 0.3) is 0 Å². The zero-order valence-electron chi connectivity index (χ0n) is 10.2. The van der Waals surface area contributed by atoms with Crippen molar-refractivity contribution in [1.29, 1.82) is 5.26 Å². The van der Waals surface area contributed by atoms with Gasteiger partial charge in [-0.15, -0.1) is 0 Å². The van der Waals surface area contributed by atoms with Crippen LogP contribution in [0.5, 0.6) is 0 Å². The molecule has 1 aromatic rings. The summed E-state index contributed by atoms with van der Waals surface area (Å²) in [6.45, 7) is 1.95. The minimum Gasteiger partial charge on any atom is -0.464 e. The molecule has 0 saturated carbocycles. The second-order valence-corrected chi connectivity index (χ2v) is 3.71. The average molecular weight is 233 g/mol. The summed E-state index contributed by atoms with van der Waals surface area (Å²) in [7, 11) is 3.19. The first kappa shape index (κ1) is 13.0. The lowest BCUT2D eigenvalue weighted by Crippen LogP contribution is -2.28. The third-order valence-electron chi connectivity index (χ3n) is 2.59. The molecule has 0 aromatic carbocycles. The van der Waals surface area contributed by atoms with Crippen molar-refractivity contribution < 1.29 is 9.53 Å². The lowest BCUT2D eigenvalue weighted by atomic mass is 10.2. The first-order valence-corrected chi connectivity index (χ1v) is 5.24. The van der Waals surface area contributed by atoms with Crippen LogP contribution in [0.2, 0.25) is 0 Å². The van der Waals surface area contributed by atoms with E-state index in [1.807, 2.05) is 18.9 Å². The van der Waals surface area contributed by atoms with Crippen LogP contribution in [0.1, 0.15) is 23.8 Å². The van der Waals surface area contributed by atoms with E-state index in [1.165, 1.54) is 7.11 Å². The maximum atomic E-state index is 11.3. The van der Waals surface area contributed by atoms with Gasteiger partial charge in [-0.1, -0.05) is 0 Å². The summed E-state index contributed by atoms with van der Waals surface area (Å²) in [5, 5.41) is 8.65. The molecule has 0 spiro atoms. The molecule has 0 aliphatic heterocycles. The summed E-state index contributed by atoms with van der Waals surface area (Å²) in [4.78, 5) is 17.2. The van der Waals surface area contributed by atoms with E-state index in [0.29, 0.717) is 6.42 Å². The van der Waals surface area contributed by atoms with Crippen molar-refractivity contribution in [3.63, 3.8) is 0 Å². The molecule has 0 aliphatic rings. The zero-order valence-corrected chi connectivity index (χ0v) is 10.2. The number of hydrogen-bond acceptors (Lipinski definition) is 5. The summed E-state index contributed by atoms with van der Waals surface area (Å²) in [6.07, 6.45) is 1.98. The Labute approximate surface area is 101 Å². The van der Waals surface area contributed by atoms with Gasteiger partial charge in [-0.25, -0.2) is 9.78 Å². The summed E-state index contributed by atoms with van der Waals surface area (Å²) < 4.78 is 4.61. The van der Waals surface area contributed by atoms with E-state index < -0.39 is 5.97 Å². The van der Waals surface area contributed by atoms with Crippen LogP contribution in [0, 0.1) is 11.3 Å². The van der Waals surface area contributed by atoms with Crippen molar-refractivity contribution in [3.8, 4) is 6.07 Å². The van der Waals surface area contributed by atoms with E-state index in [0.717, 1.165) is 5.69 Å². The molecule has 0 bridgehead atoms. The largest absolute Gasteiger partial charge is 0.464 e. The number of carbonyl (C=O) groups excluding carboxylic acids is 1. The molecule has 1 unspecified atom stereocenters. The number of rotatable bonds is 4. The summed E-state index contributed by atoms with van der Waals surface area (Å²) in [6, 6.07) is 5.64. The number of carbonyl (C=O) groups is 1. The number of aromatic nitrogens is 1. The van der Waals surface area contributed by atoms with Crippen molar-refractivity contribution in [2.45, 2.75) is 19.4 Å². The zero-order chi connectivity index (χ0) is 12.8. The first-order valence-electron chi connectivity index (χ1n) is 5.24. The average Bonchev–Trinajstić information content (AvgIpc) is 2.37. The predicted molar refractivity (Wildman–Crippen MR) is 63.7 cm³/mol. The van der Waals surface area contributed by atoms with Gasteiger partial charge in [-0.2, -0.15) is 5.26 Å². The Morgan fingerprint density at radius 3 is 3.00 bits per heavy atom. The number of nitrogens with zero attached hydrogens (tertiary/aromatic N) is 3. The Morgan fingerprint density at radius 1 is 1.71 bits per heavy atom. The van der Waals surface area contributed by atoms with Gasteiger partial charge in [0.1, 0.15) is 5.69 Å². The van der Waals surface area contributed by atoms with Gasteiger partial charge in [0.2, 0.25) is 0 Å². The summed E-state index contributed by atoms with van der Waals surface area (Å²) in [5.74, 6) is -0.465. The Hall–Kier alpha value is -2.09. The van der Waals surface area contributed by atoms with Crippen LogP contribution in [-0.2, 0) is 4.74 Å². The van der Waals surface area contributed by atoms with Crippen LogP contribution in [0.15, 0.2) is 18.3 Å².